The molecule has 0 bridgehead atoms. The number of rotatable bonds is 5. The molecule has 148 valence electrons. The van der Waals surface area contributed by atoms with Crippen molar-refractivity contribution in [2.75, 3.05) is 5.73 Å². The average molecular weight is 405 g/mol. The number of nitrogens with one attached hydrogen (secondary N) is 1. The van der Waals surface area contributed by atoms with Gasteiger partial charge < -0.3 is 10.3 Å². The summed E-state index contributed by atoms with van der Waals surface area (Å²) in [5.74, 6) is 0.325. The third-order valence-electron chi connectivity index (χ3n) is 4.90. The van der Waals surface area contributed by atoms with Gasteiger partial charge in [0.15, 0.2) is 11.6 Å². The van der Waals surface area contributed by atoms with Gasteiger partial charge in [-0.15, -0.1) is 0 Å². The summed E-state index contributed by atoms with van der Waals surface area (Å²) in [5.41, 5.74) is 3.90. The molecule has 4 rings (SSSR count). The molecule has 1 aromatic carbocycles. The highest BCUT2D eigenvalue weighted by molar-refractivity contribution is 7.89. The van der Waals surface area contributed by atoms with Crippen LogP contribution in [0.5, 0.6) is 0 Å². The van der Waals surface area contributed by atoms with Crippen LogP contribution in [0.4, 0.5) is 5.82 Å². The topological polar surface area (TPSA) is 142 Å². The smallest absolute Gasteiger partial charge is 0.331 e. The van der Waals surface area contributed by atoms with Gasteiger partial charge in [0.1, 0.15) is 0 Å². The van der Waals surface area contributed by atoms with Gasteiger partial charge in [0, 0.05) is 18.7 Å². The van der Waals surface area contributed by atoms with Crippen LogP contribution in [0.2, 0.25) is 0 Å². The second-order valence-corrected chi connectivity index (χ2v) is 8.92. The molecule has 1 aliphatic carbocycles. The fraction of sp³-hybridized carbons (Fsp3) is 0.353. The van der Waals surface area contributed by atoms with Crippen LogP contribution in [0.15, 0.2) is 43.3 Å². The Balaban J connectivity index is 1.96. The van der Waals surface area contributed by atoms with Gasteiger partial charge in [-0.3, -0.25) is 13.9 Å². The molecule has 1 aliphatic rings. The van der Waals surface area contributed by atoms with Crippen molar-refractivity contribution >= 4 is 26.7 Å². The first-order valence-corrected chi connectivity index (χ1v) is 10.1. The van der Waals surface area contributed by atoms with Crippen LogP contribution in [0.25, 0.3) is 10.9 Å². The molecule has 0 aliphatic heterocycles. The number of sulfonamides is 1. The average Bonchev–Trinajstić information content (AvgIpc) is 3.20. The molecular formula is C17H19N5O5S. The van der Waals surface area contributed by atoms with E-state index in [0.29, 0.717) is 0 Å². The molecule has 28 heavy (non-hydrogen) atoms. The van der Waals surface area contributed by atoms with E-state index < -0.39 is 26.8 Å². The van der Waals surface area contributed by atoms with Crippen molar-refractivity contribution < 1.29 is 12.9 Å². The van der Waals surface area contributed by atoms with E-state index >= 15 is 0 Å². The molecule has 0 amide bonds. The van der Waals surface area contributed by atoms with Crippen molar-refractivity contribution in [2.24, 2.45) is 7.05 Å². The van der Waals surface area contributed by atoms with E-state index in [1.165, 1.54) is 35.9 Å². The Labute approximate surface area is 159 Å². The number of aromatic nitrogens is 3. The normalized spacial score (nSPS) is 15.8. The first kappa shape index (κ1) is 18.4. The predicted molar refractivity (Wildman–Crippen MR) is 101 cm³/mol. The maximum atomic E-state index is 13.1. The maximum absolute atomic E-state index is 13.1. The first-order valence-electron chi connectivity index (χ1n) is 8.59. The summed E-state index contributed by atoms with van der Waals surface area (Å²) in [4.78, 5) is 25.6. The maximum Gasteiger partial charge on any atom is 0.331 e. The molecule has 0 radical (unpaired) electrons. The van der Waals surface area contributed by atoms with E-state index in [1.54, 1.807) is 6.92 Å². The number of benzene rings is 1. The Morgan fingerprint density at radius 3 is 2.64 bits per heavy atom. The van der Waals surface area contributed by atoms with Crippen molar-refractivity contribution in [3.63, 3.8) is 0 Å². The van der Waals surface area contributed by atoms with Gasteiger partial charge in [-0.05, 0) is 31.9 Å². The highest BCUT2D eigenvalue weighted by Gasteiger charge is 2.41. The SMILES string of the molecule is Cn1c(=O)n(Cc2cc(N)no2)c(=O)c2c(S(=O)(=O)NC3(C)CC3)cccc21. The fourth-order valence-corrected chi connectivity index (χ4v) is 4.79. The molecular weight excluding hydrogens is 386 g/mol. The Morgan fingerprint density at radius 2 is 2.04 bits per heavy atom. The van der Waals surface area contributed by atoms with E-state index in [9.17, 15) is 18.0 Å². The molecule has 0 atom stereocenters. The Kier molecular flexibility index (Phi) is 3.98. The number of nitrogen functional groups attached to an aromatic ring is 1. The van der Waals surface area contributed by atoms with Crippen molar-refractivity contribution in [1.29, 1.82) is 0 Å². The number of fused-ring (bicyclic) bond motifs is 1. The highest BCUT2D eigenvalue weighted by Crippen LogP contribution is 2.36. The van der Waals surface area contributed by atoms with E-state index in [1.807, 2.05) is 0 Å². The number of nitrogens with two attached hydrogens (primary N) is 1. The van der Waals surface area contributed by atoms with Crippen LogP contribution >= 0.6 is 0 Å². The van der Waals surface area contributed by atoms with Gasteiger partial charge in [-0.2, -0.15) is 0 Å². The van der Waals surface area contributed by atoms with Gasteiger partial charge in [-0.25, -0.2) is 17.9 Å². The van der Waals surface area contributed by atoms with E-state index in [0.717, 1.165) is 17.4 Å². The van der Waals surface area contributed by atoms with Crippen LogP contribution in [-0.4, -0.2) is 28.2 Å². The van der Waals surface area contributed by atoms with Gasteiger partial charge >= 0.3 is 5.69 Å². The lowest BCUT2D eigenvalue weighted by atomic mass is 10.2. The van der Waals surface area contributed by atoms with Crippen LogP contribution in [0, 0.1) is 0 Å². The van der Waals surface area contributed by atoms with E-state index in [4.69, 9.17) is 10.3 Å². The van der Waals surface area contributed by atoms with E-state index in [2.05, 4.69) is 9.88 Å². The van der Waals surface area contributed by atoms with Gasteiger partial charge in [0.25, 0.3) is 5.56 Å². The lowest BCUT2D eigenvalue weighted by Crippen LogP contribution is -2.41. The number of aryl methyl sites for hydroxylation is 1. The number of hydrogen-bond acceptors (Lipinski definition) is 7. The Bertz CT molecular complexity index is 1310. The second kappa shape index (κ2) is 6.04. The summed E-state index contributed by atoms with van der Waals surface area (Å²) in [6, 6.07) is 5.80. The van der Waals surface area contributed by atoms with E-state index in [-0.39, 0.29) is 33.9 Å². The summed E-state index contributed by atoms with van der Waals surface area (Å²) in [7, 11) is -2.48. The summed E-state index contributed by atoms with van der Waals surface area (Å²) in [5, 5.41) is 3.47. The third kappa shape index (κ3) is 3.02. The second-order valence-electron chi connectivity index (χ2n) is 7.27. The molecule has 10 nitrogen and oxygen atoms in total. The van der Waals surface area contributed by atoms with Crippen LogP contribution in [-0.2, 0) is 23.6 Å². The zero-order valence-electron chi connectivity index (χ0n) is 15.3. The number of anilines is 1. The molecule has 2 heterocycles. The van der Waals surface area contributed by atoms with Gasteiger partial charge in [0.05, 0.1) is 22.3 Å². The molecule has 0 spiro atoms. The first-order chi connectivity index (χ1) is 13.1. The number of nitrogens with zero attached hydrogens (tertiary/aromatic N) is 3. The highest BCUT2D eigenvalue weighted by atomic mass is 32.2. The molecule has 11 heteroatoms. The fourth-order valence-electron chi connectivity index (χ4n) is 3.11. The third-order valence-corrected chi connectivity index (χ3v) is 6.58. The summed E-state index contributed by atoms with van der Waals surface area (Å²) in [6.07, 6.45) is 1.46. The van der Waals surface area contributed by atoms with Crippen molar-refractivity contribution in [3.05, 3.63) is 50.9 Å². The van der Waals surface area contributed by atoms with Crippen LogP contribution in [0.3, 0.4) is 0 Å². The number of hydrogen-bond donors (Lipinski definition) is 2. The van der Waals surface area contributed by atoms with Gasteiger partial charge in [0.2, 0.25) is 10.0 Å². The molecule has 1 saturated carbocycles. The zero-order chi connectivity index (χ0) is 20.3. The monoisotopic (exact) mass is 405 g/mol. The molecule has 1 fully saturated rings. The molecule has 0 unspecified atom stereocenters. The van der Waals surface area contributed by atoms with Crippen LogP contribution < -0.4 is 21.7 Å². The lowest BCUT2D eigenvalue weighted by molar-refractivity contribution is 0.374. The van der Waals surface area contributed by atoms with Crippen molar-refractivity contribution in [3.8, 4) is 0 Å². The van der Waals surface area contributed by atoms with Gasteiger partial charge in [-0.1, -0.05) is 11.2 Å². The molecule has 0 saturated heterocycles. The Hall–Kier alpha value is -2.92. The van der Waals surface area contributed by atoms with Crippen molar-refractivity contribution in [1.82, 2.24) is 19.0 Å². The molecule has 3 aromatic rings. The summed E-state index contributed by atoms with van der Waals surface area (Å²) < 4.78 is 35.6. The summed E-state index contributed by atoms with van der Waals surface area (Å²) in [6.45, 7) is 1.59. The van der Waals surface area contributed by atoms with Crippen molar-refractivity contribution in [2.45, 2.75) is 36.7 Å². The minimum atomic E-state index is -3.95. The Morgan fingerprint density at radius 1 is 1.32 bits per heavy atom. The lowest BCUT2D eigenvalue weighted by Gasteiger charge is -2.15. The summed E-state index contributed by atoms with van der Waals surface area (Å²) >= 11 is 0. The zero-order valence-corrected chi connectivity index (χ0v) is 16.1. The van der Waals surface area contributed by atoms with Crippen LogP contribution in [0.1, 0.15) is 25.5 Å². The minimum absolute atomic E-state index is 0.0613. The largest absolute Gasteiger partial charge is 0.381 e. The standard InChI is InChI=1S/C17H19N5O5S/c1-17(6-7-17)20-28(25,26)12-5-3-4-11-14(12)15(23)22(16(24)21(11)2)9-10-8-13(18)19-27-10/h3-5,8,20H,6-7,9H2,1-2H3,(H2,18,19). The molecule has 3 N–H and O–H groups in total. The quantitative estimate of drug-likeness (QED) is 0.615. The molecule has 2 aromatic heterocycles. The minimum Gasteiger partial charge on any atom is -0.381 e. The predicted octanol–water partition coefficient (Wildman–Crippen LogP) is 0.150.